The van der Waals surface area contributed by atoms with Gasteiger partial charge in [-0.2, -0.15) is 13.2 Å². The fraction of sp³-hybridized carbons (Fsp3) is 0.474. The van der Waals surface area contributed by atoms with E-state index < -0.39 is 11.9 Å². The number of likely N-dealkylation sites (tertiary alicyclic amines) is 1. The zero-order valence-corrected chi connectivity index (χ0v) is 15.6. The zero-order valence-electron chi connectivity index (χ0n) is 15.6. The highest BCUT2D eigenvalue weighted by Gasteiger charge is 2.42. The van der Waals surface area contributed by atoms with Crippen LogP contribution in [-0.2, 0) is 6.18 Å². The van der Waals surface area contributed by atoms with Crippen molar-refractivity contribution < 1.29 is 18.0 Å². The average Bonchev–Trinajstić information content (AvgIpc) is 3.22. The molecule has 28 heavy (non-hydrogen) atoms. The summed E-state index contributed by atoms with van der Waals surface area (Å²) in [6.45, 7) is 6.74. The molecule has 4 rings (SSSR count). The molecule has 2 aliphatic heterocycles. The Labute approximate surface area is 160 Å². The standard InChI is InChI=1S/C19H20F3N5O/c1-11-12(2)24-10-25-17(11)26-6-14-8-27(9-15(14)7-26)18(28)13-3-4-16(23-5-13)19(20,21)22/h3-5,10,14-15H,6-9H2,1-2H3. The van der Waals surface area contributed by atoms with Crippen LogP contribution in [0.1, 0.15) is 27.3 Å². The molecule has 2 unspecified atom stereocenters. The molecule has 2 atom stereocenters. The molecule has 2 fully saturated rings. The van der Waals surface area contributed by atoms with E-state index in [0.717, 1.165) is 42.4 Å². The molecule has 4 heterocycles. The van der Waals surface area contributed by atoms with Crippen LogP contribution in [0.4, 0.5) is 19.0 Å². The summed E-state index contributed by atoms with van der Waals surface area (Å²) >= 11 is 0. The van der Waals surface area contributed by atoms with E-state index in [1.165, 1.54) is 6.07 Å². The molecule has 0 aliphatic carbocycles. The largest absolute Gasteiger partial charge is 0.433 e. The molecule has 2 saturated heterocycles. The van der Waals surface area contributed by atoms with Gasteiger partial charge >= 0.3 is 6.18 Å². The molecule has 0 N–H and O–H groups in total. The van der Waals surface area contributed by atoms with E-state index in [4.69, 9.17) is 0 Å². The lowest BCUT2D eigenvalue weighted by Crippen LogP contribution is -2.33. The number of nitrogens with zero attached hydrogens (tertiary/aromatic N) is 5. The smallest absolute Gasteiger partial charge is 0.356 e. The number of carbonyl (C=O) groups is 1. The lowest BCUT2D eigenvalue weighted by atomic mass is 10.0. The summed E-state index contributed by atoms with van der Waals surface area (Å²) in [7, 11) is 0. The van der Waals surface area contributed by atoms with Gasteiger partial charge in [-0.15, -0.1) is 0 Å². The molecule has 0 bridgehead atoms. The van der Waals surface area contributed by atoms with Gasteiger partial charge in [0.15, 0.2) is 0 Å². The van der Waals surface area contributed by atoms with Gasteiger partial charge in [-0.1, -0.05) is 0 Å². The van der Waals surface area contributed by atoms with Gasteiger partial charge in [-0.3, -0.25) is 9.78 Å². The van der Waals surface area contributed by atoms with Crippen LogP contribution >= 0.6 is 0 Å². The Hall–Kier alpha value is -2.71. The number of carbonyl (C=O) groups excluding carboxylic acids is 1. The minimum absolute atomic E-state index is 0.187. The van der Waals surface area contributed by atoms with E-state index in [2.05, 4.69) is 19.9 Å². The van der Waals surface area contributed by atoms with Crippen LogP contribution in [0.15, 0.2) is 24.7 Å². The Morgan fingerprint density at radius 2 is 1.71 bits per heavy atom. The number of hydrogen-bond acceptors (Lipinski definition) is 5. The topological polar surface area (TPSA) is 62.2 Å². The lowest BCUT2D eigenvalue weighted by molar-refractivity contribution is -0.141. The van der Waals surface area contributed by atoms with Crippen molar-refractivity contribution in [3.63, 3.8) is 0 Å². The number of pyridine rings is 1. The lowest BCUT2D eigenvalue weighted by Gasteiger charge is -2.24. The number of amides is 1. The van der Waals surface area contributed by atoms with Gasteiger partial charge in [0.1, 0.15) is 17.8 Å². The SMILES string of the molecule is Cc1ncnc(N2CC3CN(C(=O)c4ccc(C(F)(F)F)nc4)CC3C2)c1C. The fourth-order valence-electron chi connectivity index (χ4n) is 4.05. The normalized spacial score (nSPS) is 21.9. The first-order chi connectivity index (χ1) is 13.2. The molecule has 2 aromatic heterocycles. The van der Waals surface area contributed by atoms with Crippen molar-refractivity contribution in [1.82, 2.24) is 19.9 Å². The Bertz CT molecular complexity index is 885. The predicted octanol–water partition coefficient (Wildman–Crippen LogP) is 2.72. The summed E-state index contributed by atoms with van der Waals surface area (Å²) in [4.78, 5) is 28.6. The highest BCUT2D eigenvalue weighted by molar-refractivity contribution is 5.94. The number of rotatable bonds is 2. The molecule has 2 aliphatic rings. The number of halogens is 3. The maximum Gasteiger partial charge on any atom is 0.433 e. The van der Waals surface area contributed by atoms with Gasteiger partial charge in [0, 0.05) is 55.5 Å². The van der Waals surface area contributed by atoms with Gasteiger partial charge < -0.3 is 9.80 Å². The average molecular weight is 391 g/mol. The fourth-order valence-corrected chi connectivity index (χ4v) is 4.05. The highest BCUT2D eigenvalue weighted by Crippen LogP contribution is 2.35. The first-order valence-corrected chi connectivity index (χ1v) is 9.09. The minimum Gasteiger partial charge on any atom is -0.356 e. The third kappa shape index (κ3) is 3.29. The Kier molecular flexibility index (Phi) is 4.47. The second-order valence-corrected chi connectivity index (χ2v) is 7.47. The summed E-state index contributed by atoms with van der Waals surface area (Å²) in [5.74, 6) is 1.31. The van der Waals surface area contributed by atoms with E-state index in [-0.39, 0.29) is 11.5 Å². The molecule has 0 aromatic carbocycles. The van der Waals surface area contributed by atoms with Crippen LogP contribution in [0.3, 0.4) is 0 Å². The second-order valence-electron chi connectivity index (χ2n) is 7.47. The third-order valence-electron chi connectivity index (χ3n) is 5.68. The van der Waals surface area contributed by atoms with Gasteiger partial charge in [0.2, 0.25) is 0 Å². The second kappa shape index (κ2) is 6.72. The van der Waals surface area contributed by atoms with Crippen molar-refractivity contribution in [2.45, 2.75) is 20.0 Å². The van der Waals surface area contributed by atoms with Crippen molar-refractivity contribution >= 4 is 11.7 Å². The maximum absolute atomic E-state index is 12.7. The first kappa shape index (κ1) is 18.6. The van der Waals surface area contributed by atoms with Crippen LogP contribution in [0.2, 0.25) is 0 Å². The summed E-state index contributed by atoms with van der Waals surface area (Å²) in [6.07, 6.45) is -1.93. The number of alkyl halides is 3. The molecule has 0 saturated carbocycles. The zero-order chi connectivity index (χ0) is 20.1. The molecular weight excluding hydrogens is 371 g/mol. The molecular formula is C19H20F3N5O. The predicted molar refractivity (Wildman–Crippen MR) is 95.8 cm³/mol. The van der Waals surface area contributed by atoms with Crippen molar-refractivity contribution in [3.8, 4) is 0 Å². The molecule has 0 radical (unpaired) electrons. The van der Waals surface area contributed by atoms with Crippen molar-refractivity contribution in [1.29, 1.82) is 0 Å². The summed E-state index contributed by atoms with van der Waals surface area (Å²) in [5, 5.41) is 0. The van der Waals surface area contributed by atoms with Gasteiger partial charge in [0.25, 0.3) is 5.91 Å². The van der Waals surface area contributed by atoms with E-state index in [1.807, 2.05) is 13.8 Å². The maximum atomic E-state index is 12.7. The van der Waals surface area contributed by atoms with E-state index in [1.54, 1.807) is 11.2 Å². The van der Waals surface area contributed by atoms with Crippen molar-refractivity contribution in [3.05, 3.63) is 47.2 Å². The molecule has 6 nitrogen and oxygen atoms in total. The molecule has 0 spiro atoms. The van der Waals surface area contributed by atoms with E-state index >= 15 is 0 Å². The van der Waals surface area contributed by atoms with E-state index in [9.17, 15) is 18.0 Å². The van der Waals surface area contributed by atoms with Gasteiger partial charge in [-0.05, 0) is 26.0 Å². The van der Waals surface area contributed by atoms with Crippen LogP contribution < -0.4 is 4.90 Å². The van der Waals surface area contributed by atoms with Crippen molar-refractivity contribution in [2.75, 3.05) is 31.1 Å². The van der Waals surface area contributed by atoms with Crippen LogP contribution in [0.5, 0.6) is 0 Å². The highest BCUT2D eigenvalue weighted by atomic mass is 19.4. The van der Waals surface area contributed by atoms with Gasteiger partial charge in [-0.25, -0.2) is 9.97 Å². The molecule has 2 aromatic rings. The van der Waals surface area contributed by atoms with Crippen LogP contribution in [0, 0.1) is 25.7 Å². The minimum atomic E-state index is -4.51. The number of anilines is 1. The number of fused-ring (bicyclic) bond motifs is 1. The van der Waals surface area contributed by atoms with E-state index in [0.29, 0.717) is 24.9 Å². The van der Waals surface area contributed by atoms with Crippen LogP contribution in [0.25, 0.3) is 0 Å². The molecule has 148 valence electrons. The number of hydrogen-bond donors (Lipinski definition) is 0. The van der Waals surface area contributed by atoms with Crippen LogP contribution in [-0.4, -0.2) is 51.9 Å². The Morgan fingerprint density at radius 3 is 2.29 bits per heavy atom. The monoisotopic (exact) mass is 391 g/mol. The molecule has 1 amide bonds. The number of aryl methyl sites for hydroxylation is 1. The van der Waals surface area contributed by atoms with Gasteiger partial charge in [0.05, 0.1) is 5.56 Å². The summed E-state index contributed by atoms with van der Waals surface area (Å²) in [6, 6.07) is 2.05. The summed E-state index contributed by atoms with van der Waals surface area (Å²) < 4.78 is 37.9. The third-order valence-corrected chi connectivity index (χ3v) is 5.68. The quantitative estimate of drug-likeness (QED) is 0.788. The van der Waals surface area contributed by atoms with Crippen molar-refractivity contribution in [2.24, 2.45) is 11.8 Å². The number of aromatic nitrogens is 3. The Morgan fingerprint density at radius 1 is 1.04 bits per heavy atom. The molecule has 9 heteroatoms. The Balaban J connectivity index is 1.42. The summed E-state index contributed by atoms with van der Waals surface area (Å²) in [5.41, 5.74) is 1.21. The first-order valence-electron chi connectivity index (χ1n) is 9.09.